The van der Waals surface area contributed by atoms with Crippen LogP contribution in [0.2, 0.25) is 0 Å². The summed E-state index contributed by atoms with van der Waals surface area (Å²) in [5.74, 6) is -0.481. The lowest BCUT2D eigenvalue weighted by molar-refractivity contribution is 0.579. The lowest BCUT2D eigenvalue weighted by Crippen LogP contribution is -2.23. The van der Waals surface area contributed by atoms with Gasteiger partial charge in [0.15, 0.2) is 0 Å². The van der Waals surface area contributed by atoms with Crippen molar-refractivity contribution in [1.82, 2.24) is 5.32 Å². The van der Waals surface area contributed by atoms with Crippen molar-refractivity contribution in [3.05, 3.63) is 70.8 Å². The Morgan fingerprint density at radius 1 is 1.00 bits per heavy atom. The molecule has 0 aliphatic heterocycles. The summed E-state index contributed by atoms with van der Waals surface area (Å²) in [4.78, 5) is 0. The molecule has 1 nitrogen and oxygen atoms in total. The van der Waals surface area contributed by atoms with Crippen molar-refractivity contribution in [3.63, 3.8) is 0 Å². The van der Waals surface area contributed by atoms with Gasteiger partial charge in [0.25, 0.3) is 0 Å². The van der Waals surface area contributed by atoms with Crippen molar-refractivity contribution in [1.29, 1.82) is 0 Å². The average Bonchev–Trinajstić information content (AvgIpc) is 2.45. The van der Waals surface area contributed by atoms with Gasteiger partial charge in [0, 0.05) is 0 Å². The summed E-state index contributed by atoms with van der Waals surface area (Å²) in [6.07, 6.45) is 0.978. The van der Waals surface area contributed by atoms with Gasteiger partial charge in [0.2, 0.25) is 0 Å². The molecule has 2 rings (SSSR count). The number of benzene rings is 2. The van der Waals surface area contributed by atoms with E-state index in [4.69, 9.17) is 0 Å². The van der Waals surface area contributed by atoms with Crippen LogP contribution in [0.1, 0.15) is 36.1 Å². The molecule has 2 aromatic carbocycles. The Hall–Kier alpha value is -1.74. The second-order valence-electron chi connectivity index (χ2n) is 4.95. The molecule has 0 saturated carbocycles. The predicted molar refractivity (Wildman–Crippen MR) is 77.7 cm³/mol. The molecule has 0 aliphatic carbocycles. The van der Waals surface area contributed by atoms with Crippen LogP contribution in [0.5, 0.6) is 0 Å². The van der Waals surface area contributed by atoms with E-state index in [0.29, 0.717) is 5.56 Å². The number of nitrogens with one attached hydrogen (secondary N) is 1. The molecule has 0 heterocycles. The van der Waals surface area contributed by atoms with Gasteiger partial charge >= 0.3 is 0 Å². The molecule has 0 aliphatic rings. The average molecular weight is 275 g/mol. The van der Waals surface area contributed by atoms with E-state index in [1.807, 2.05) is 6.07 Å². The molecule has 1 N–H and O–H groups in total. The summed E-state index contributed by atoms with van der Waals surface area (Å²) in [5.41, 5.74) is 2.42. The lowest BCUT2D eigenvalue weighted by Gasteiger charge is -2.20. The number of aryl methyl sites for hydroxylation is 1. The van der Waals surface area contributed by atoms with Crippen LogP contribution >= 0.6 is 0 Å². The molecule has 0 aromatic heterocycles. The highest BCUT2D eigenvalue weighted by atomic mass is 19.1. The van der Waals surface area contributed by atoms with Gasteiger partial charge in [-0.05, 0) is 54.8 Å². The van der Waals surface area contributed by atoms with Gasteiger partial charge in [0.05, 0.1) is 6.04 Å². The predicted octanol–water partition coefficient (Wildman–Crippen LogP) is 4.36. The molecule has 1 unspecified atom stereocenters. The zero-order chi connectivity index (χ0) is 14.5. The van der Waals surface area contributed by atoms with Crippen molar-refractivity contribution in [2.24, 2.45) is 0 Å². The molecule has 0 fully saturated rings. The van der Waals surface area contributed by atoms with Gasteiger partial charge in [0.1, 0.15) is 11.6 Å². The summed E-state index contributed by atoms with van der Waals surface area (Å²) >= 11 is 0. The quantitative estimate of drug-likeness (QED) is 0.854. The third-order valence-electron chi connectivity index (χ3n) is 3.33. The first-order valence-electron chi connectivity index (χ1n) is 6.86. The van der Waals surface area contributed by atoms with Crippen LogP contribution < -0.4 is 5.32 Å². The Morgan fingerprint density at radius 2 is 1.65 bits per heavy atom. The molecule has 3 heteroatoms. The smallest absolute Gasteiger partial charge is 0.126 e. The first-order valence-corrected chi connectivity index (χ1v) is 6.86. The fraction of sp³-hybridized carbons (Fsp3) is 0.294. The van der Waals surface area contributed by atoms with E-state index in [1.54, 1.807) is 31.2 Å². The van der Waals surface area contributed by atoms with E-state index in [1.165, 1.54) is 12.1 Å². The van der Waals surface area contributed by atoms with Gasteiger partial charge in [-0.2, -0.15) is 0 Å². The highest BCUT2D eigenvalue weighted by Crippen LogP contribution is 2.24. The highest BCUT2D eigenvalue weighted by molar-refractivity contribution is 5.34. The molecule has 0 radical (unpaired) electrons. The van der Waals surface area contributed by atoms with Crippen LogP contribution in [-0.2, 0) is 0 Å². The van der Waals surface area contributed by atoms with Crippen molar-refractivity contribution < 1.29 is 8.78 Å². The Kier molecular flexibility index (Phi) is 4.85. The largest absolute Gasteiger partial charge is 0.306 e. The first-order chi connectivity index (χ1) is 9.61. The maximum absolute atomic E-state index is 13.8. The summed E-state index contributed by atoms with van der Waals surface area (Å²) in [6.45, 7) is 4.63. The van der Waals surface area contributed by atoms with E-state index >= 15 is 0 Å². The maximum atomic E-state index is 13.8. The third kappa shape index (κ3) is 3.42. The second-order valence-corrected chi connectivity index (χ2v) is 4.95. The Balaban J connectivity index is 2.35. The number of rotatable bonds is 5. The fourth-order valence-corrected chi connectivity index (χ4v) is 2.16. The van der Waals surface area contributed by atoms with E-state index < -0.39 is 0 Å². The summed E-state index contributed by atoms with van der Waals surface area (Å²) in [5, 5.41) is 3.38. The second kappa shape index (κ2) is 6.62. The summed E-state index contributed by atoms with van der Waals surface area (Å²) in [7, 11) is 0. The van der Waals surface area contributed by atoms with Crippen LogP contribution in [0.15, 0.2) is 42.5 Å². The minimum atomic E-state index is -0.266. The lowest BCUT2D eigenvalue weighted by atomic mass is 9.97. The van der Waals surface area contributed by atoms with Crippen molar-refractivity contribution in [2.45, 2.75) is 26.3 Å². The van der Waals surface area contributed by atoms with Crippen molar-refractivity contribution >= 4 is 0 Å². The molecular formula is C17H19F2N. The highest BCUT2D eigenvalue weighted by Gasteiger charge is 2.14. The van der Waals surface area contributed by atoms with E-state index in [2.05, 4.69) is 12.2 Å². The van der Waals surface area contributed by atoms with Gasteiger partial charge in [-0.25, -0.2) is 8.78 Å². The van der Waals surface area contributed by atoms with Crippen LogP contribution in [-0.4, -0.2) is 6.54 Å². The molecule has 0 spiro atoms. The molecule has 20 heavy (non-hydrogen) atoms. The Labute approximate surface area is 118 Å². The zero-order valence-electron chi connectivity index (χ0n) is 11.8. The van der Waals surface area contributed by atoms with Gasteiger partial charge in [-0.3, -0.25) is 0 Å². The monoisotopic (exact) mass is 275 g/mol. The first kappa shape index (κ1) is 14.7. The molecule has 0 saturated heterocycles. The van der Waals surface area contributed by atoms with Gasteiger partial charge in [-0.15, -0.1) is 0 Å². The van der Waals surface area contributed by atoms with Crippen LogP contribution in [0.4, 0.5) is 8.78 Å². The van der Waals surface area contributed by atoms with Gasteiger partial charge < -0.3 is 5.32 Å². The number of hydrogen-bond donors (Lipinski definition) is 1. The normalized spacial score (nSPS) is 12.4. The van der Waals surface area contributed by atoms with Crippen molar-refractivity contribution in [2.75, 3.05) is 6.54 Å². The minimum absolute atomic E-state index is 0.120. The van der Waals surface area contributed by atoms with Gasteiger partial charge in [-0.1, -0.05) is 31.2 Å². The van der Waals surface area contributed by atoms with Crippen molar-refractivity contribution in [3.8, 4) is 0 Å². The standard InChI is InChI=1S/C17H19F2N/c1-3-10-20-17(13-6-8-15(18)9-7-13)14-5-4-12(2)16(19)11-14/h4-9,11,17,20H,3,10H2,1-2H3. The zero-order valence-corrected chi connectivity index (χ0v) is 11.8. The Bertz CT molecular complexity index is 564. The maximum Gasteiger partial charge on any atom is 0.126 e. The van der Waals surface area contributed by atoms with Crippen LogP contribution in [0.25, 0.3) is 0 Å². The van der Waals surface area contributed by atoms with E-state index in [9.17, 15) is 8.78 Å². The van der Waals surface area contributed by atoms with E-state index in [-0.39, 0.29) is 17.7 Å². The minimum Gasteiger partial charge on any atom is -0.306 e. The SMILES string of the molecule is CCCNC(c1ccc(F)cc1)c1ccc(C)c(F)c1. The molecule has 0 amide bonds. The molecular weight excluding hydrogens is 256 g/mol. The van der Waals surface area contributed by atoms with E-state index in [0.717, 1.165) is 24.1 Å². The summed E-state index contributed by atoms with van der Waals surface area (Å²) < 4.78 is 26.8. The fourth-order valence-electron chi connectivity index (χ4n) is 2.16. The molecule has 1 atom stereocenters. The Morgan fingerprint density at radius 3 is 2.25 bits per heavy atom. The third-order valence-corrected chi connectivity index (χ3v) is 3.33. The number of hydrogen-bond acceptors (Lipinski definition) is 1. The van der Waals surface area contributed by atoms with Crippen LogP contribution in [0.3, 0.4) is 0 Å². The molecule has 0 bridgehead atoms. The number of halogens is 2. The molecule has 2 aromatic rings. The molecule has 106 valence electrons. The summed E-state index contributed by atoms with van der Waals surface area (Å²) in [6, 6.07) is 11.4. The topological polar surface area (TPSA) is 12.0 Å². The van der Waals surface area contributed by atoms with Crippen LogP contribution in [0, 0.1) is 18.6 Å².